The fourth-order valence-electron chi connectivity index (χ4n) is 1.45. The van der Waals surface area contributed by atoms with Gasteiger partial charge in [-0.3, -0.25) is 10.1 Å². The molecular weight excluding hydrogens is 168 g/mol. The Morgan fingerprint density at radius 3 is 2.67 bits per heavy atom. The van der Waals surface area contributed by atoms with Crippen molar-refractivity contribution >= 4 is 5.97 Å². The van der Waals surface area contributed by atoms with Gasteiger partial charge in [0.15, 0.2) is 0 Å². The summed E-state index contributed by atoms with van der Waals surface area (Å²) in [6, 6.07) is -0.829. The maximum Gasteiger partial charge on any atom is 0.320 e. The number of carboxylic acids is 1. The quantitative estimate of drug-likeness (QED) is 0.623. The number of hydrogen-bond donors (Lipinski definition) is 2. The maximum atomic E-state index is 12.6. The van der Waals surface area contributed by atoms with E-state index in [1.165, 1.54) is 6.92 Å². The molecule has 3 nitrogen and oxygen atoms in total. The SMILES string of the molecule is CC1CC(F)(F)CNC1C(=O)O. The minimum Gasteiger partial charge on any atom is -0.480 e. The molecule has 0 aliphatic carbocycles. The van der Waals surface area contributed by atoms with E-state index in [0.29, 0.717) is 0 Å². The Bertz CT molecular complexity index is 196. The van der Waals surface area contributed by atoms with Crippen LogP contribution in [0.25, 0.3) is 0 Å². The van der Waals surface area contributed by atoms with E-state index in [9.17, 15) is 13.6 Å². The van der Waals surface area contributed by atoms with Gasteiger partial charge in [-0.25, -0.2) is 8.78 Å². The first-order chi connectivity index (χ1) is 5.42. The summed E-state index contributed by atoms with van der Waals surface area (Å²) in [6.07, 6.45) is -0.350. The molecule has 70 valence electrons. The molecule has 2 N–H and O–H groups in total. The molecular formula is C7H11F2NO2. The number of rotatable bonds is 1. The number of hydrogen-bond acceptors (Lipinski definition) is 2. The molecule has 0 amide bonds. The lowest BCUT2D eigenvalue weighted by Crippen LogP contribution is -2.53. The number of carboxylic acid groups (broad SMARTS) is 1. The van der Waals surface area contributed by atoms with Crippen LogP contribution in [-0.4, -0.2) is 29.6 Å². The second-order valence-electron chi connectivity index (χ2n) is 3.23. The van der Waals surface area contributed by atoms with E-state index in [4.69, 9.17) is 5.11 Å². The third-order valence-electron chi connectivity index (χ3n) is 2.04. The molecule has 2 unspecified atom stereocenters. The predicted octanol–water partition coefficient (Wildman–Crippen LogP) is 0.704. The average Bonchev–Trinajstić information content (AvgIpc) is 1.83. The lowest BCUT2D eigenvalue weighted by Gasteiger charge is -2.32. The first-order valence-electron chi connectivity index (χ1n) is 3.76. The molecule has 1 fully saturated rings. The first-order valence-corrected chi connectivity index (χ1v) is 3.76. The van der Waals surface area contributed by atoms with Gasteiger partial charge in [-0.15, -0.1) is 0 Å². The Morgan fingerprint density at radius 2 is 2.25 bits per heavy atom. The number of piperidine rings is 1. The summed E-state index contributed by atoms with van der Waals surface area (Å²) in [5, 5.41) is 10.9. The minimum absolute atomic E-state index is 0.350. The third kappa shape index (κ3) is 1.91. The standard InChI is InChI=1S/C7H11F2NO2/c1-4-2-7(8,9)3-10-5(4)6(11)12/h4-5,10H,2-3H2,1H3,(H,11,12). The summed E-state index contributed by atoms with van der Waals surface area (Å²) in [4.78, 5) is 10.5. The van der Waals surface area contributed by atoms with Crippen LogP contribution in [0, 0.1) is 5.92 Å². The molecule has 5 heteroatoms. The molecule has 12 heavy (non-hydrogen) atoms. The van der Waals surface area contributed by atoms with Crippen molar-refractivity contribution in [3.8, 4) is 0 Å². The van der Waals surface area contributed by atoms with Crippen LogP contribution in [0.5, 0.6) is 0 Å². The normalized spacial score (nSPS) is 34.6. The summed E-state index contributed by atoms with van der Waals surface area (Å²) in [7, 11) is 0. The van der Waals surface area contributed by atoms with Crippen molar-refractivity contribution in [2.45, 2.75) is 25.3 Å². The maximum absolute atomic E-state index is 12.6. The van der Waals surface area contributed by atoms with E-state index in [0.717, 1.165) is 0 Å². The van der Waals surface area contributed by atoms with Crippen molar-refractivity contribution in [1.82, 2.24) is 5.32 Å². The monoisotopic (exact) mass is 179 g/mol. The zero-order valence-electron chi connectivity index (χ0n) is 6.68. The predicted molar refractivity (Wildman–Crippen MR) is 38.2 cm³/mol. The van der Waals surface area contributed by atoms with Crippen molar-refractivity contribution in [1.29, 1.82) is 0 Å². The van der Waals surface area contributed by atoms with E-state index in [1.807, 2.05) is 0 Å². The van der Waals surface area contributed by atoms with Crippen LogP contribution in [0.15, 0.2) is 0 Å². The van der Waals surface area contributed by atoms with Crippen molar-refractivity contribution < 1.29 is 18.7 Å². The second kappa shape index (κ2) is 2.97. The minimum atomic E-state index is -2.76. The second-order valence-corrected chi connectivity index (χ2v) is 3.23. The van der Waals surface area contributed by atoms with Gasteiger partial charge in [-0.2, -0.15) is 0 Å². The smallest absolute Gasteiger partial charge is 0.320 e. The van der Waals surface area contributed by atoms with E-state index in [-0.39, 0.29) is 6.42 Å². The van der Waals surface area contributed by atoms with Crippen molar-refractivity contribution in [3.63, 3.8) is 0 Å². The van der Waals surface area contributed by atoms with Crippen molar-refractivity contribution in [3.05, 3.63) is 0 Å². The Balaban J connectivity index is 2.60. The third-order valence-corrected chi connectivity index (χ3v) is 2.04. The highest BCUT2D eigenvalue weighted by atomic mass is 19.3. The van der Waals surface area contributed by atoms with Gasteiger partial charge in [-0.1, -0.05) is 6.92 Å². The van der Waals surface area contributed by atoms with Gasteiger partial charge in [0.05, 0.1) is 6.54 Å². The lowest BCUT2D eigenvalue weighted by molar-refractivity contribution is -0.144. The van der Waals surface area contributed by atoms with Gasteiger partial charge in [0.25, 0.3) is 5.92 Å². The van der Waals surface area contributed by atoms with Crippen LogP contribution in [0.1, 0.15) is 13.3 Å². The largest absolute Gasteiger partial charge is 0.480 e. The highest BCUT2D eigenvalue weighted by molar-refractivity contribution is 5.74. The van der Waals surface area contributed by atoms with E-state index < -0.39 is 30.4 Å². The van der Waals surface area contributed by atoms with E-state index in [1.54, 1.807) is 0 Å². The molecule has 0 spiro atoms. The molecule has 1 heterocycles. The summed E-state index contributed by atoms with van der Waals surface area (Å²) in [6.45, 7) is 0.979. The van der Waals surface area contributed by atoms with Gasteiger partial charge in [-0.05, 0) is 5.92 Å². The average molecular weight is 179 g/mol. The van der Waals surface area contributed by atoms with Gasteiger partial charge >= 0.3 is 5.97 Å². The fourth-order valence-corrected chi connectivity index (χ4v) is 1.45. The highest BCUT2D eigenvalue weighted by Crippen LogP contribution is 2.28. The summed E-state index contributed by atoms with van der Waals surface area (Å²) in [5.41, 5.74) is 0. The number of carbonyl (C=O) groups is 1. The van der Waals surface area contributed by atoms with Crippen LogP contribution < -0.4 is 5.32 Å². The Hall–Kier alpha value is -0.710. The molecule has 0 bridgehead atoms. The molecule has 1 aliphatic rings. The van der Waals surface area contributed by atoms with Gasteiger partial charge in [0.2, 0.25) is 0 Å². The number of nitrogens with one attached hydrogen (secondary N) is 1. The van der Waals surface area contributed by atoms with Crippen LogP contribution in [0.4, 0.5) is 8.78 Å². The van der Waals surface area contributed by atoms with Crippen LogP contribution >= 0.6 is 0 Å². The molecule has 0 aromatic rings. The molecule has 1 saturated heterocycles. The molecule has 2 atom stereocenters. The Labute approximate surface area is 68.8 Å². The highest BCUT2D eigenvalue weighted by Gasteiger charge is 2.41. The molecule has 1 rings (SSSR count). The topological polar surface area (TPSA) is 49.3 Å². The van der Waals surface area contributed by atoms with Gasteiger partial charge < -0.3 is 5.11 Å². The van der Waals surface area contributed by atoms with Gasteiger partial charge in [0.1, 0.15) is 6.04 Å². The first kappa shape index (κ1) is 9.38. The molecule has 0 radical (unpaired) electrons. The zero-order chi connectivity index (χ0) is 9.35. The molecule has 0 aromatic heterocycles. The zero-order valence-corrected chi connectivity index (χ0v) is 6.68. The number of alkyl halides is 2. The Morgan fingerprint density at radius 1 is 1.67 bits per heavy atom. The van der Waals surface area contributed by atoms with Gasteiger partial charge in [0, 0.05) is 6.42 Å². The fraction of sp³-hybridized carbons (Fsp3) is 0.857. The number of halogens is 2. The van der Waals surface area contributed by atoms with Crippen LogP contribution in [0.2, 0.25) is 0 Å². The Kier molecular flexibility index (Phi) is 2.32. The molecule has 1 aliphatic heterocycles. The number of aliphatic carboxylic acids is 1. The lowest BCUT2D eigenvalue weighted by atomic mass is 9.91. The summed E-state index contributed by atoms with van der Waals surface area (Å²) in [5.74, 6) is -4.34. The van der Waals surface area contributed by atoms with Crippen molar-refractivity contribution in [2.24, 2.45) is 5.92 Å². The van der Waals surface area contributed by atoms with Crippen LogP contribution in [0.3, 0.4) is 0 Å². The molecule has 0 aromatic carbocycles. The van der Waals surface area contributed by atoms with Crippen molar-refractivity contribution in [2.75, 3.05) is 6.54 Å². The van der Waals surface area contributed by atoms with E-state index >= 15 is 0 Å². The van der Waals surface area contributed by atoms with E-state index in [2.05, 4.69) is 5.32 Å². The summed E-state index contributed by atoms with van der Waals surface area (Å²) < 4.78 is 25.3. The van der Waals surface area contributed by atoms with Crippen LogP contribution in [-0.2, 0) is 4.79 Å². The molecule has 0 saturated carbocycles. The summed E-state index contributed by atoms with van der Waals surface area (Å²) >= 11 is 0.